The molecule has 0 saturated carbocycles. The lowest BCUT2D eigenvalue weighted by Gasteiger charge is -2.26. The number of hydrogen-bond acceptors (Lipinski definition) is 10. The molecular weight excluding hydrogens is 495 g/mol. The summed E-state index contributed by atoms with van der Waals surface area (Å²) in [6, 6.07) is 10.9. The van der Waals surface area contributed by atoms with Gasteiger partial charge in [0, 0.05) is 36.8 Å². The van der Waals surface area contributed by atoms with E-state index in [-0.39, 0.29) is 0 Å². The maximum atomic E-state index is 13.0. The number of morpholine rings is 1. The van der Waals surface area contributed by atoms with Crippen molar-refractivity contribution in [3.8, 4) is 11.5 Å². The van der Waals surface area contributed by atoms with Gasteiger partial charge in [-0.15, -0.1) is 0 Å². The van der Waals surface area contributed by atoms with Crippen LogP contribution in [0, 0.1) is 0 Å². The molecular formula is C26H35N4O6P. The van der Waals surface area contributed by atoms with Gasteiger partial charge in [0.25, 0.3) is 0 Å². The molecule has 0 atom stereocenters. The van der Waals surface area contributed by atoms with Gasteiger partial charge in [0.05, 0.1) is 51.0 Å². The van der Waals surface area contributed by atoms with Gasteiger partial charge >= 0.3 is 7.60 Å². The summed E-state index contributed by atoms with van der Waals surface area (Å²) >= 11 is 0. The van der Waals surface area contributed by atoms with E-state index in [1.54, 1.807) is 33.1 Å². The quantitative estimate of drug-likeness (QED) is 0.253. The second kappa shape index (κ2) is 13.2. The third kappa shape index (κ3) is 6.97. The van der Waals surface area contributed by atoms with Gasteiger partial charge in [-0.2, -0.15) is 0 Å². The van der Waals surface area contributed by atoms with Crippen molar-refractivity contribution in [3.05, 3.63) is 42.7 Å². The summed E-state index contributed by atoms with van der Waals surface area (Å²) in [6.45, 7) is 9.20. The summed E-state index contributed by atoms with van der Waals surface area (Å²) in [5, 5.41) is 4.63. The third-order valence-electron chi connectivity index (χ3n) is 5.95. The number of rotatable bonds is 13. The number of ether oxygens (including phenoxy) is 3. The molecule has 11 heteroatoms. The van der Waals surface area contributed by atoms with E-state index >= 15 is 0 Å². The number of aromatic nitrogens is 2. The van der Waals surface area contributed by atoms with Crippen LogP contribution in [0.25, 0.3) is 10.9 Å². The Labute approximate surface area is 217 Å². The van der Waals surface area contributed by atoms with Crippen molar-refractivity contribution in [1.82, 2.24) is 14.9 Å². The molecule has 1 aliphatic heterocycles. The molecule has 4 rings (SSSR count). The first-order chi connectivity index (χ1) is 18.1. The number of nitrogens with zero attached hydrogens (tertiary/aromatic N) is 3. The van der Waals surface area contributed by atoms with E-state index in [0.29, 0.717) is 42.4 Å². The number of hydrogen-bond donors (Lipinski definition) is 1. The van der Waals surface area contributed by atoms with Crippen LogP contribution in [0.5, 0.6) is 11.5 Å². The van der Waals surface area contributed by atoms with Crippen LogP contribution in [0.4, 0.5) is 11.5 Å². The van der Waals surface area contributed by atoms with Crippen LogP contribution in [0.15, 0.2) is 42.7 Å². The van der Waals surface area contributed by atoms with E-state index < -0.39 is 7.60 Å². The Morgan fingerprint density at radius 2 is 1.76 bits per heavy atom. The Balaban J connectivity index is 1.49. The van der Waals surface area contributed by atoms with E-state index in [1.165, 1.54) is 6.33 Å². The maximum Gasteiger partial charge on any atom is 0.361 e. The minimum atomic E-state index is -3.34. The molecule has 37 heavy (non-hydrogen) atoms. The molecule has 2 aromatic carbocycles. The first-order valence-electron chi connectivity index (χ1n) is 12.6. The smallest absolute Gasteiger partial charge is 0.361 e. The summed E-state index contributed by atoms with van der Waals surface area (Å²) in [4.78, 5) is 11.2. The average Bonchev–Trinajstić information content (AvgIpc) is 2.92. The SMILES string of the molecule is CCOP(=O)(OCC)c1ccc(Nc2ncnc3cc(OC)c(OCCCN4CCOCC4)cc23)cc1. The highest BCUT2D eigenvalue weighted by Crippen LogP contribution is 2.47. The van der Waals surface area contributed by atoms with Crippen LogP contribution in [-0.4, -0.2) is 74.6 Å². The minimum Gasteiger partial charge on any atom is -0.493 e. The van der Waals surface area contributed by atoms with Crippen molar-refractivity contribution in [2.45, 2.75) is 20.3 Å². The number of nitrogens with one attached hydrogen (secondary N) is 1. The number of fused-ring (bicyclic) bond motifs is 1. The molecule has 0 unspecified atom stereocenters. The highest BCUT2D eigenvalue weighted by atomic mass is 31.2. The van der Waals surface area contributed by atoms with Crippen LogP contribution in [0.1, 0.15) is 20.3 Å². The van der Waals surface area contributed by atoms with Gasteiger partial charge in [0.2, 0.25) is 0 Å². The highest BCUT2D eigenvalue weighted by Gasteiger charge is 2.26. The molecule has 3 aromatic rings. The second-order valence-corrected chi connectivity index (χ2v) is 10.4. The summed E-state index contributed by atoms with van der Waals surface area (Å²) in [5.74, 6) is 1.88. The molecule has 2 heterocycles. The van der Waals surface area contributed by atoms with Gasteiger partial charge in [-0.3, -0.25) is 9.46 Å². The predicted molar refractivity (Wildman–Crippen MR) is 144 cm³/mol. The topological polar surface area (TPSA) is 104 Å². The molecule has 1 aliphatic rings. The normalized spacial score (nSPS) is 14.6. The first-order valence-corrected chi connectivity index (χ1v) is 14.1. The zero-order chi connectivity index (χ0) is 26.1. The average molecular weight is 531 g/mol. The lowest BCUT2D eigenvalue weighted by atomic mass is 10.2. The molecule has 1 fully saturated rings. The molecule has 0 aliphatic carbocycles. The van der Waals surface area contributed by atoms with Crippen LogP contribution < -0.4 is 20.1 Å². The number of methoxy groups -OCH3 is 1. The molecule has 0 amide bonds. The Hall–Kier alpha value is -2.75. The molecule has 0 bridgehead atoms. The standard InChI is InChI=1S/C26H35N4O6P/c1-4-35-37(31,36-5-2)21-9-7-20(8-10-21)29-26-22-17-25(24(32-3)18-23(22)27-19-28-26)34-14-6-11-30-12-15-33-16-13-30/h7-10,17-19H,4-6,11-16H2,1-3H3,(H,27,28,29). The van der Waals surface area contributed by atoms with E-state index in [4.69, 9.17) is 23.3 Å². The first kappa shape index (κ1) is 27.3. The molecule has 1 N–H and O–H groups in total. The van der Waals surface area contributed by atoms with Gasteiger partial charge in [0.1, 0.15) is 12.1 Å². The molecule has 0 radical (unpaired) electrons. The third-order valence-corrected chi connectivity index (χ3v) is 8.07. The largest absolute Gasteiger partial charge is 0.493 e. The minimum absolute atomic E-state index is 0.297. The van der Waals surface area contributed by atoms with Gasteiger partial charge in [-0.1, -0.05) is 0 Å². The van der Waals surface area contributed by atoms with Gasteiger partial charge in [-0.25, -0.2) is 9.97 Å². The lowest BCUT2D eigenvalue weighted by Crippen LogP contribution is -2.37. The zero-order valence-corrected chi connectivity index (χ0v) is 22.5. The summed E-state index contributed by atoms with van der Waals surface area (Å²) in [5.41, 5.74) is 1.50. The van der Waals surface area contributed by atoms with Crippen molar-refractivity contribution in [3.63, 3.8) is 0 Å². The summed E-state index contributed by atoms with van der Waals surface area (Å²) < 4.78 is 41.0. The molecule has 200 valence electrons. The fraction of sp³-hybridized carbons (Fsp3) is 0.462. The fourth-order valence-electron chi connectivity index (χ4n) is 4.12. The predicted octanol–water partition coefficient (Wildman–Crippen LogP) is 4.37. The van der Waals surface area contributed by atoms with Crippen molar-refractivity contribution >= 4 is 35.3 Å². The zero-order valence-electron chi connectivity index (χ0n) is 21.6. The Kier molecular flexibility index (Phi) is 9.71. The molecule has 1 saturated heterocycles. The lowest BCUT2D eigenvalue weighted by molar-refractivity contribution is 0.0357. The van der Waals surface area contributed by atoms with E-state index in [0.717, 1.165) is 55.9 Å². The van der Waals surface area contributed by atoms with Crippen LogP contribution in [0.3, 0.4) is 0 Å². The maximum absolute atomic E-state index is 13.0. The molecule has 10 nitrogen and oxygen atoms in total. The Bertz CT molecular complexity index is 1190. The summed E-state index contributed by atoms with van der Waals surface area (Å²) in [6.07, 6.45) is 2.40. The Morgan fingerprint density at radius 1 is 1.03 bits per heavy atom. The monoisotopic (exact) mass is 530 g/mol. The number of anilines is 2. The molecule has 1 aromatic heterocycles. The van der Waals surface area contributed by atoms with Crippen molar-refractivity contribution in [1.29, 1.82) is 0 Å². The highest BCUT2D eigenvalue weighted by molar-refractivity contribution is 7.62. The van der Waals surface area contributed by atoms with Gasteiger partial charge < -0.3 is 28.6 Å². The van der Waals surface area contributed by atoms with E-state index in [2.05, 4.69) is 20.2 Å². The van der Waals surface area contributed by atoms with E-state index in [1.807, 2.05) is 24.3 Å². The van der Waals surface area contributed by atoms with Crippen molar-refractivity contribution < 1.29 is 27.8 Å². The van der Waals surface area contributed by atoms with Crippen molar-refractivity contribution in [2.24, 2.45) is 0 Å². The van der Waals surface area contributed by atoms with Crippen LogP contribution in [-0.2, 0) is 18.3 Å². The van der Waals surface area contributed by atoms with Gasteiger partial charge in [0.15, 0.2) is 11.5 Å². The fourth-order valence-corrected chi connectivity index (χ4v) is 5.69. The van der Waals surface area contributed by atoms with Crippen LogP contribution in [0.2, 0.25) is 0 Å². The Morgan fingerprint density at radius 3 is 2.43 bits per heavy atom. The van der Waals surface area contributed by atoms with Crippen LogP contribution >= 0.6 is 7.60 Å². The number of benzene rings is 2. The second-order valence-electron chi connectivity index (χ2n) is 8.40. The van der Waals surface area contributed by atoms with Gasteiger partial charge in [-0.05, 0) is 50.6 Å². The molecule has 0 spiro atoms. The van der Waals surface area contributed by atoms with E-state index in [9.17, 15) is 4.57 Å². The summed E-state index contributed by atoms with van der Waals surface area (Å²) in [7, 11) is -1.73. The van der Waals surface area contributed by atoms with Crippen molar-refractivity contribution in [2.75, 3.05) is 65.1 Å².